The van der Waals surface area contributed by atoms with Crippen LogP contribution in [0.5, 0.6) is 0 Å². The molecule has 1 aromatic carbocycles. The van der Waals surface area contributed by atoms with Crippen molar-refractivity contribution in [3.63, 3.8) is 0 Å². The van der Waals surface area contributed by atoms with E-state index in [9.17, 15) is 4.79 Å². The highest BCUT2D eigenvalue weighted by Gasteiger charge is 2.24. The molecular weight excluding hydrogens is 284 g/mol. The van der Waals surface area contributed by atoms with Crippen LogP contribution in [0.25, 0.3) is 6.08 Å². The van der Waals surface area contributed by atoms with E-state index in [1.54, 1.807) is 24.5 Å². The molecule has 1 aromatic heterocycles. The number of thioether (sulfide) groups is 1. The highest BCUT2D eigenvalue weighted by Crippen LogP contribution is 2.29. The fourth-order valence-electron chi connectivity index (χ4n) is 1.95. The van der Waals surface area contributed by atoms with E-state index in [0.717, 1.165) is 11.3 Å². The Kier molecular flexibility index (Phi) is 3.66. The smallest absolute Gasteiger partial charge is 0.264 e. The number of rotatable bonds is 2. The quantitative estimate of drug-likeness (QED) is 0.858. The summed E-state index contributed by atoms with van der Waals surface area (Å²) in [5, 5.41) is 3.36. The minimum atomic E-state index is -0.152. The van der Waals surface area contributed by atoms with Crippen molar-refractivity contribution >= 4 is 34.6 Å². The first-order chi connectivity index (χ1) is 10.1. The van der Waals surface area contributed by atoms with Gasteiger partial charge in [0, 0.05) is 6.08 Å². The predicted molar refractivity (Wildman–Crippen MR) is 85.4 cm³/mol. The predicted octanol–water partition coefficient (Wildman–Crippen LogP) is 3.79. The number of hydrogen-bond donors (Lipinski definition) is 1. The van der Waals surface area contributed by atoms with Crippen LogP contribution in [0.15, 0.2) is 50.9 Å². The number of nitrogens with zero attached hydrogens (tertiary/aromatic N) is 1. The Morgan fingerprint density at radius 1 is 1.24 bits per heavy atom. The summed E-state index contributed by atoms with van der Waals surface area (Å²) in [7, 11) is 0. The fourth-order valence-corrected chi connectivity index (χ4v) is 2.76. The zero-order chi connectivity index (χ0) is 14.8. The molecule has 21 heavy (non-hydrogen) atoms. The maximum absolute atomic E-state index is 11.9. The molecule has 1 fully saturated rings. The monoisotopic (exact) mass is 298 g/mol. The van der Waals surface area contributed by atoms with Crippen LogP contribution in [0, 0.1) is 13.8 Å². The Bertz CT molecular complexity index is 746. The highest BCUT2D eigenvalue weighted by molar-refractivity contribution is 8.18. The van der Waals surface area contributed by atoms with E-state index in [1.165, 1.54) is 17.3 Å². The van der Waals surface area contributed by atoms with Gasteiger partial charge in [-0.3, -0.25) is 4.79 Å². The molecule has 106 valence electrons. The zero-order valence-electron chi connectivity index (χ0n) is 11.7. The van der Waals surface area contributed by atoms with E-state index in [1.807, 2.05) is 32.0 Å². The number of aliphatic imine (C=N–C) groups is 1. The number of carbonyl (C=O) groups is 1. The molecule has 0 bridgehead atoms. The summed E-state index contributed by atoms with van der Waals surface area (Å²) in [5.74, 6) is 0.501. The third kappa shape index (κ3) is 2.92. The van der Waals surface area contributed by atoms with Crippen LogP contribution in [-0.2, 0) is 4.79 Å². The first-order valence-corrected chi connectivity index (χ1v) is 7.34. The molecule has 4 nitrogen and oxygen atoms in total. The average Bonchev–Trinajstić information content (AvgIpc) is 3.07. The Morgan fingerprint density at radius 2 is 2.10 bits per heavy atom. The summed E-state index contributed by atoms with van der Waals surface area (Å²) >= 11 is 1.32. The Hall–Kier alpha value is -2.27. The van der Waals surface area contributed by atoms with Crippen molar-refractivity contribution in [3.05, 3.63) is 58.4 Å². The van der Waals surface area contributed by atoms with Gasteiger partial charge in [-0.05, 0) is 54.9 Å². The van der Waals surface area contributed by atoms with E-state index in [0.29, 0.717) is 15.8 Å². The van der Waals surface area contributed by atoms with Crippen molar-refractivity contribution < 1.29 is 9.21 Å². The zero-order valence-corrected chi connectivity index (χ0v) is 12.5. The van der Waals surface area contributed by atoms with Gasteiger partial charge in [0.05, 0.1) is 16.9 Å². The van der Waals surface area contributed by atoms with Crippen molar-refractivity contribution in [2.45, 2.75) is 13.8 Å². The normalized spacial score (nSPS) is 18.5. The van der Waals surface area contributed by atoms with Crippen LogP contribution in [0.1, 0.15) is 16.9 Å². The molecule has 0 saturated carbocycles. The summed E-state index contributed by atoms with van der Waals surface area (Å²) in [6.45, 7) is 4.07. The molecule has 2 heterocycles. The van der Waals surface area contributed by atoms with Crippen LogP contribution >= 0.6 is 11.8 Å². The molecule has 1 aliphatic rings. The topological polar surface area (TPSA) is 54.6 Å². The van der Waals surface area contributed by atoms with Gasteiger partial charge in [-0.25, -0.2) is 4.99 Å². The standard InChI is InChI=1S/C16H14N2O2S/c1-10-5-3-7-13(11(10)2)17-16-18-15(19)14(21-16)9-12-6-4-8-20-12/h3-9H,1-2H3,(H,17,18,19)/b14-9-. The van der Waals surface area contributed by atoms with Crippen molar-refractivity contribution in [2.24, 2.45) is 4.99 Å². The number of furan rings is 1. The molecule has 1 N–H and O–H groups in total. The lowest BCUT2D eigenvalue weighted by Crippen LogP contribution is -2.19. The molecule has 0 spiro atoms. The van der Waals surface area contributed by atoms with Gasteiger partial charge in [-0.1, -0.05) is 12.1 Å². The van der Waals surface area contributed by atoms with Gasteiger partial charge in [0.25, 0.3) is 5.91 Å². The Labute approximate surface area is 127 Å². The maximum atomic E-state index is 11.9. The van der Waals surface area contributed by atoms with Gasteiger partial charge >= 0.3 is 0 Å². The van der Waals surface area contributed by atoms with Crippen LogP contribution < -0.4 is 5.32 Å². The summed E-state index contributed by atoms with van der Waals surface area (Å²) in [4.78, 5) is 17.0. The van der Waals surface area contributed by atoms with E-state index < -0.39 is 0 Å². The number of aryl methyl sites for hydroxylation is 1. The van der Waals surface area contributed by atoms with Gasteiger partial charge in [-0.15, -0.1) is 0 Å². The van der Waals surface area contributed by atoms with Gasteiger partial charge in [0.15, 0.2) is 5.17 Å². The second-order valence-electron chi connectivity index (χ2n) is 4.72. The van der Waals surface area contributed by atoms with Crippen molar-refractivity contribution in [2.75, 3.05) is 0 Å². The molecule has 0 aliphatic carbocycles. The van der Waals surface area contributed by atoms with Gasteiger partial charge < -0.3 is 9.73 Å². The number of hydrogen-bond acceptors (Lipinski definition) is 4. The Morgan fingerprint density at radius 3 is 2.86 bits per heavy atom. The maximum Gasteiger partial charge on any atom is 0.264 e. The summed E-state index contributed by atoms with van der Waals surface area (Å²) in [6, 6.07) is 9.54. The highest BCUT2D eigenvalue weighted by atomic mass is 32.2. The minimum Gasteiger partial charge on any atom is -0.465 e. The third-order valence-electron chi connectivity index (χ3n) is 3.27. The largest absolute Gasteiger partial charge is 0.465 e. The van der Waals surface area contributed by atoms with Crippen LogP contribution in [0.3, 0.4) is 0 Å². The van der Waals surface area contributed by atoms with E-state index in [2.05, 4.69) is 10.3 Å². The lowest BCUT2D eigenvalue weighted by molar-refractivity contribution is -0.115. The van der Waals surface area contributed by atoms with Crippen molar-refractivity contribution in [1.82, 2.24) is 5.32 Å². The second kappa shape index (κ2) is 5.61. The summed E-state index contributed by atoms with van der Waals surface area (Å²) in [5.41, 5.74) is 3.16. The van der Waals surface area contributed by atoms with Gasteiger partial charge in [0.2, 0.25) is 0 Å². The molecule has 3 rings (SSSR count). The average molecular weight is 298 g/mol. The van der Waals surface area contributed by atoms with Gasteiger partial charge in [0.1, 0.15) is 5.76 Å². The molecule has 1 aliphatic heterocycles. The van der Waals surface area contributed by atoms with E-state index in [4.69, 9.17) is 4.42 Å². The summed E-state index contributed by atoms with van der Waals surface area (Å²) < 4.78 is 5.22. The molecule has 0 radical (unpaired) electrons. The lowest BCUT2D eigenvalue weighted by atomic mass is 10.1. The molecular formula is C16H14N2O2S. The van der Waals surface area contributed by atoms with Crippen LogP contribution in [0.2, 0.25) is 0 Å². The van der Waals surface area contributed by atoms with Crippen molar-refractivity contribution in [1.29, 1.82) is 0 Å². The first kappa shape index (κ1) is 13.7. The van der Waals surface area contributed by atoms with E-state index in [-0.39, 0.29) is 5.91 Å². The van der Waals surface area contributed by atoms with Crippen molar-refractivity contribution in [3.8, 4) is 0 Å². The molecule has 1 saturated heterocycles. The molecule has 1 amide bonds. The molecule has 2 aromatic rings. The number of nitrogens with one attached hydrogen (secondary N) is 1. The number of benzene rings is 1. The first-order valence-electron chi connectivity index (χ1n) is 6.53. The minimum absolute atomic E-state index is 0.152. The van der Waals surface area contributed by atoms with Gasteiger partial charge in [-0.2, -0.15) is 0 Å². The molecule has 0 unspecified atom stereocenters. The SMILES string of the molecule is Cc1cccc(N=C2NC(=O)/C(=C/c3ccco3)S2)c1C. The Balaban J connectivity index is 1.87. The lowest BCUT2D eigenvalue weighted by Gasteiger charge is -2.04. The summed E-state index contributed by atoms with van der Waals surface area (Å²) in [6.07, 6.45) is 3.29. The fraction of sp³-hybridized carbons (Fsp3) is 0.125. The molecule has 5 heteroatoms. The van der Waals surface area contributed by atoms with E-state index >= 15 is 0 Å². The second-order valence-corrected chi connectivity index (χ2v) is 5.75. The number of carbonyl (C=O) groups excluding carboxylic acids is 1. The molecule has 0 atom stereocenters. The van der Waals surface area contributed by atoms with Crippen LogP contribution in [0.4, 0.5) is 5.69 Å². The number of amidine groups is 1. The van der Waals surface area contributed by atoms with Crippen LogP contribution in [-0.4, -0.2) is 11.1 Å². The number of amides is 1. The third-order valence-corrected chi connectivity index (χ3v) is 4.18.